The Morgan fingerprint density at radius 2 is 1.93 bits per heavy atom. The van der Waals surface area contributed by atoms with E-state index in [1.54, 1.807) is 13.3 Å². The molecule has 0 aliphatic carbocycles. The maximum Gasteiger partial charge on any atom is 0.332 e. The fraction of sp³-hybridized carbons (Fsp3) is 0.250. The highest BCUT2D eigenvalue weighted by molar-refractivity contribution is 5.74. The Hall–Kier alpha value is -3.55. The molecule has 28 heavy (non-hydrogen) atoms. The van der Waals surface area contributed by atoms with E-state index >= 15 is 0 Å². The van der Waals surface area contributed by atoms with Gasteiger partial charge in [0.25, 0.3) is 5.56 Å². The van der Waals surface area contributed by atoms with Crippen LogP contribution in [0.25, 0.3) is 11.2 Å². The average molecular weight is 379 g/mol. The van der Waals surface area contributed by atoms with E-state index in [1.807, 2.05) is 41.8 Å². The molecule has 3 heterocycles. The van der Waals surface area contributed by atoms with E-state index in [2.05, 4.69) is 16.4 Å². The largest absolute Gasteiger partial charge is 0.467 e. The number of fused-ring (bicyclic) bond motifs is 1. The molecule has 0 radical (unpaired) electrons. The van der Waals surface area contributed by atoms with E-state index in [0.29, 0.717) is 30.2 Å². The Morgan fingerprint density at radius 1 is 1.11 bits per heavy atom. The second-order valence-corrected chi connectivity index (χ2v) is 6.82. The Balaban J connectivity index is 1.88. The maximum absolute atomic E-state index is 12.9. The first-order chi connectivity index (χ1) is 13.5. The van der Waals surface area contributed by atoms with E-state index in [0.717, 1.165) is 21.5 Å². The normalized spacial score (nSPS) is 11.2. The summed E-state index contributed by atoms with van der Waals surface area (Å²) in [5.74, 6) is 1.25. The van der Waals surface area contributed by atoms with E-state index in [4.69, 9.17) is 4.42 Å². The van der Waals surface area contributed by atoms with Gasteiger partial charge in [-0.25, -0.2) is 4.79 Å². The molecule has 0 aliphatic rings. The molecule has 0 unspecified atom stereocenters. The lowest BCUT2D eigenvalue weighted by Crippen LogP contribution is -2.37. The highest BCUT2D eigenvalue weighted by Crippen LogP contribution is 2.19. The minimum Gasteiger partial charge on any atom is -0.467 e. The van der Waals surface area contributed by atoms with Crippen LogP contribution in [0, 0.1) is 6.92 Å². The number of aryl methyl sites for hydroxylation is 2. The van der Waals surface area contributed by atoms with Gasteiger partial charge in [-0.05, 0) is 24.6 Å². The van der Waals surface area contributed by atoms with Crippen molar-refractivity contribution in [3.8, 4) is 0 Å². The number of nitrogens with one attached hydrogen (secondary N) is 1. The zero-order chi connectivity index (χ0) is 19.8. The van der Waals surface area contributed by atoms with Crippen LogP contribution >= 0.6 is 0 Å². The lowest BCUT2D eigenvalue weighted by Gasteiger charge is -2.11. The quantitative estimate of drug-likeness (QED) is 0.573. The number of hydrogen-bond donors (Lipinski definition) is 1. The molecule has 1 N–H and O–H groups in total. The molecule has 4 aromatic rings. The minimum atomic E-state index is -0.407. The van der Waals surface area contributed by atoms with Crippen molar-refractivity contribution < 1.29 is 4.42 Å². The molecule has 8 heteroatoms. The smallest absolute Gasteiger partial charge is 0.332 e. The van der Waals surface area contributed by atoms with Gasteiger partial charge in [-0.15, -0.1) is 0 Å². The average Bonchev–Trinajstić information content (AvgIpc) is 3.31. The molecule has 3 aromatic heterocycles. The van der Waals surface area contributed by atoms with Gasteiger partial charge in [0.05, 0.1) is 19.4 Å². The molecule has 1 aromatic carbocycles. The van der Waals surface area contributed by atoms with Crippen LogP contribution in [-0.2, 0) is 27.2 Å². The summed E-state index contributed by atoms with van der Waals surface area (Å²) in [6.07, 6.45) is 1.60. The molecule has 0 aliphatic heterocycles. The van der Waals surface area contributed by atoms with Crippen molar-refractivity contribution >= 4 is 17.1 Å². The molecule has 0 fully saturated rings. The third-order valence-electron chi connectivity index (χ3n) is 4.77. The van der Waals surface area contributed by atoms with Crippen LogP contribution in [0.1, 0.15) is 16.9 Å². The summed E-state index contributed by atoms with van der Waals surface area (Å²) in [4.78, 5) is 29.7. The SMILES string of the molecule is Cc1cccc(Cn2c(NCc3ccco3)nc3c2c(=O)n(C)c(=O)n3C)c1. The van der Waals surface area contributed by atoms with Crippen LogP contribution in [0.4, 0.5) is 5.95 Å². The number of anilines is 1. The number of aromatic nitrogens is 4. The van der Waals surface area contributed by atoms with Crippen LogP contribution in [0.15, 0.2) is 56.7 Å². The predicted molar refractivity (Wildman–Crippen MR) is 107 cm³/mol. The third-order valence-corrected chi connectivity index (χ3v) is 4.77. The molecular weight excluding hydrogens is 358 g/mol. The summed E-state index contributed by atoms with van der Waals surface area (Å²) in [5.41, 5.74) is 2.12. The second-order valence-electron chi connectivity index (χ2n) is 6.82. The number of hydrogen-bond acceptors (Lipinski definition) is 5. The Bertz CT molecular complexity index is 1260. The van der Waals surface area contributed by atoms with E-state index in [1.165, 1.54) is 11.6 Å². The summed E-state index contributed by atoms with van der Waals surface area (Å²) in [7, 11) is 3.09. The Kier molecular flexibility index (Phi) is 4.38. The zero-order valence-electron chi connectivity index (χ0n) is 16.0. The van der Waals surface area contributed by atoms with Gasteiger partial charge in [0, 0.05) is 14.1 Å². The molecule has 8 nitrogen and oxygen atoms in total. The molecule has 0 amide bonds. The van der Waals surface area contributed by atoms with E-state index < -0.39 is 5.69 Å². The van der Waals surface area contributed by atoms with Gasteiger partial charge >= 0.3 is 5.69 Å². The highest BCUT2D eigenvalue weighted by Gasteiger charge is 2.19. The summed E-state index contributed by atoms with van der Waals surface area (Å²) in [6, 6.07) is 11.7. The van der Waals surface area contributed by atoms with Crippen molar-refractivity contribution in [2.45, 2.75) is 20.0 Å². The molecular formula is C20H21N5O3. The zero-order valence-corrected chi connectivity index (χ0v) is 16.0. The molecule has 0 bridgehead atoms. The topological polar surface area (TPSA) is 87.0 Å². The standard InChI is InChI=1S/C20H21N5O3/c1-13-6-4-7-14(10-13)12-25-16-17(23(2)20(27)24(3)18(16)26)22-19(25)21-11-15-8-5-9-28-15/h4-10H,11-12H2,1-3H3,(H,21,22). The number of rotatable bonds is 5. The van der Waals surface area contributed by atoms with Gasteiger partial charge in [-0.3, -0.25) is 18.5 Å². The first-order valence-corrected chi connectivity index (χ1v) is 8.93. The summed E-state index contributed by atoms with van der Waals surface area (Å²) >= 11 is 0. The molecule has 0 saturated heterocycles. The first-order valence-electron chi connectivity index (χ1n) is 8.93. The van der Waals surface area contributed by atoms with Gasteiger partial charge in [0.1, 0.15) is 5.76 Å². The van der Waals surface area contributed by atoms with Crippen molar-refractivity contribution in [2.75, 3.05) is 5.32 Å². The van der Waals surface area contributed by atoms with E-state index in [9.17, 15) is 9.59 Å². The first kappa shape index (κ1) is 17.8. The number of nitrogens with zero attached hydrogens (tertiary/aromatic N) is 4. The van der Waals surface area contributed by atoms with Crippen molar-refractivity contribution in [1.82, 2.24) is 18.7 Å². The summed E-state index contributed by atoms with van der Waals surface area (Å²) in [6.45, 7) is 2.89. The number of imidazole rings is 1. The van der Waals surface area contributed by atoms with Gasteiger partial charge in [0.2, 0.25) is 5.95 Å². The van der Waals surface area contributed by atoms with E-state index in [-0.39, 0.29) is 5.56 Å². The van der Waals surface area contributed by atoms with Gasteiger partial charge in [0.15, 0.2) is 11.2 Å². The van der Waals surface area contributed by atoms with Crippen molar-refractivity contribution in [3.05, 3.63) is 80.4 Å². The Labute approximate surface area is 160 Å². The van der Waals surface area contributed by atoms with Crippen LogP contribution < -0.4 is 16.6 Å². The second kappa shape index (κ2) is 6.88. The lowest BCUT2D eigenvalue weighted by atomic mass is 10.1. The monoisotopic (exact) mass is 379 g/mol. The third kappa shape index (κ3) is 3.02. The van der Waals surface area contributed by atoms with Crippen molar-refractivity contribution in [1.29, 1.82) is 0 Å². The van der Waals surface area contributed by atoms with Crippen LogP contribution in [0.2, 0.25) is 0 Å². The van der Waals surface area contributed by atoms with Gasteiger partial charge < -0.3 is 9.73 Å². The molecule has 0 saturated carbocycles. The van der Waals surface area contributed by atoms with Gasteiger partial charge in [-0.1, -0.05) is 29.8 Å². The number of furan rings is 1. The fourth-order valence-corrected chi connectivity index (χ4v) is 3.31. The van der Waals surface area contributed by atoms with Gasteiger partial charge in [-0.2, -0.15) is 4.98 Å². The predicted octanol–water partition coefficient (Wildman–Crippen LogP) is 2.00. The fourth-order valence-electron chi connectivity index (χ4n) is 3.31. The summed E-state index contributed by atoms with van der Waals surface area (Å²) in [5, 5.41) is 3.23. The van der Waals surface area contributed by atoms with Crippen LogP contribution in [0.3, 0.4) is 0 Å². The maximum atomic E-state index is 12.9. The van der Waals surface area contributed by atoms with Crippen LogP contribution in [-0.4, -0.2) is 18.7 Å². The molecule has 0 spiro atoms. The highest BCUT2D eigenvalue weighted by atomic mass is 16.3. The van der Waals surface area contributed by atoms with Crippen molar-refractivity contribution in [2.24, 2.45) is 14.1 Å². The Morgan fingerprint density at radius 3 is 2.64 bits per heavy atom. The molecule has 144 valence electrons. The molecule has 4 rings (SSSR count). The molecule has 0 atom stereocenters. The minimum absolute atomic E-state index is 0.350. The lowest BCUT2D eigenvalue weighted by molar-refractivity contribution is 0.517. The summed E-state index contributed by atoms with van der Waals surface area (Å²) < 4.78 is 9.68. The van der Waals surface area contributed by atoms with Crippen LogP contribution in [0.5, 0.6) is 0 Å². The van der Waals surface area contributed by atoms with Crippen molar-refractivity contribution in [3.63, 3.8) is 0 Å². The number of benzene rings is 1.